The summed E-state index contributed by atoms with van der Waals surface area (Å²) < 4.78 is 10.5. The first-order valence-electron chi connectivity index (χ1n) is 5.16. The molecule has 2 rings (SSSR count). The zero-order valence-electron chi connectivity index (χ0n) is 9.87. The Hall–Kier alpha value is -2.10. The maximum absolute atomic E-state index is 11.4. The molecule has 4 heteroatoms. The van der Waals surface area contributed by atoms with Crippen molar-refractivity contribution in [2.75, 3.05) is 7.11 Å². The molecule has 0 aliphatic rings. The number of fused-ring (bicyclic) bond motifs is 1. The Bertz CT molecular complexity index is 607. The molecule has 0 radical (unpaired) electrons. The van der Waals surface area contributed by atoms with Crippen LogP contribution in [0.5, 0.6) is 5.75 Å². The monoisotopic (exact) mass is 232 g/mol. The Morgan fingerprint density at radius 3 is 2.35 bits per heavy atom. The third-order valence-electron chi connectivity index (χ3n) is 2.56. The number of methoxy groups -OCH3 is 1. The van der Waals surface area contributed by atoms with E-state index in [4.69, 9.17) is 9.15 Å². The van der Waals surface area contributed by atoms with Crippen LogP contribution in [-0.4, -0.2) is 18.7 Å². The smallest absolute Gasteiger partial charge is 0.194 e. The second-order valence-electron chi connectivity index (χ2n) is 3.81. The lowest BCUT2D eigenvalue weighted by Crippen LogP contribution is -1.96. The lowest BCUT2D eigenvalue weighted by Gasteiger charge is -2.04. The summed E-state index contributed by atoms with van der Waals surface area (Å²) in [5, 5.41) is 0.723. The topological polar surface area (TPSA) is 56.5 Å². The summed E-state index contributed by atoms with van der Waals surface area (Å²) in [5.74, 6) is 0.496. The number of furan rings is 1. The third-order valence-corrected chi connectivity index (χ3v) is 2.56. The van der Waals surface area contributed by atoms with E-state index in [2.05, 4.69) is 0 Å². The van der Waals surface area contributed by atoms with Gasteiger partial charge >= 0.3 is 0 Å². The SMILES string of the molecule is COc1cc2oc(C(C)=O)cc2cc1C(C)=O. The molecule has 1 aromatic heterocycles. The number of ketones is 2. The molecular formula is C13H12O4. The van der Waals surface area contributed by atoms with Gasteiger partial charge < -0.3 is 9.15 Å². The fourth-order valence-corrected chi connectivity index (χ4v) is 1.69. The first kappa shape index (κ1) is 11.4. The summed E-state index contributed by atoms with van der Waals surface area (Å²) in [4.78, 5) is 22.6. The van der Waals surface area contributed by atoms with E-state index in [1.807, 2.05) is 0 Å². The van der Waals surface area contributed by atoms with Gasteiger partial charge in [0.15, 0.2) is 17.3 Å². The van der Waals surface area contributed by atoms with Crippen molar-refractivity contribution in [2.45, 2.75) is 13.8 Å². The number of carbonyl (C=O) groups is 2. The maximum Gasteiger partial charge on any atom is 0.194 e. The molecule has 0 spiro atoms. The van der Waals surface area contributed by atoms with Crippen molar-refractivity contribution >= 4 is 22.5 Å². The van der Waals surface area contributed by atoms with Crippen molar-refractivity contribution in [3.63, 3.8) is 0 Å². The summed E-state index contributed by atoms with van der Waals surface area (Å²) in [5.41, 5.74) is 1.02. The number of ether oxygens (including phenoxy) is 1. The molecule has 0 bridgehead atoms. The van der Waals surface area contributed by atoms with Gasteiger partial charge in [-0.25, -0.2) is 0 Å². The summed E-state index contributed by atoms with van der Waals surface area (Å²) in [7, 11) is 1.49. The number of Topliss-reactive ketones (excluding diaryl/α,β-unsaturated/α-hetero) is 2. The molecule has 0 N–H and O–H groups in total. The van der Waals surface area contributed by atoms with Gasteiger partial charge in [-0.05, 0) is 19.1 Å². The molecule has 2 aromatic rings. The Kier molecular flexibility index (Phi) is 2.71. The number of hydrogen-bond donors (Lipinski definition) is 0. The minimum atomic E-state index is -0.149. The molecule has 0 aliphatic carbocycles. The Morgan fingerprint density at radius 1 is 1.12 bits per heavy atom. The third kappa shape index (κ3) is 1.93. The average molecular weight is 232 g/mol. The maximum atomic E-state index is 11.4. The van der Waals surface area contributed by atoms with E-state index in [0.29, 0.717) is 16.9 Å². The molecule has 0 saturated carbocycles. The molecule has 17 heavy (non-hydrogen) atoms. The van der Waals surface area contributed by atoms with Crippen molar-refractivity contribution in [3.05, 3.63) is 29.5 Å². The molecule has 0 atom stereocenters. The molecule has 88 valence electrons. The normalized spacial score (nSPS) is 10.5. The van der Waals surface area contributed by atoms with E-state index in [1.165, 1.54) is 21.0 Å². The fraction of sp³-hybridized carbons (Fsp3) is 0.231. The van der Waals surface area contributed by atoms with Crippen LogP contribution < -0.4 is 4.74 Å². The van der Waals surface area contributed by atoms with Crippen LogP contribution in [-0.2, 0) is 0 Å². The highest BCUT2D eigenvalue weighted by molar-refractivity contribution is 6.02. The minimum absolute atomic E-state index is 0.0886. The van der Waals surface area contributed by atoms with Crippen LogP contribution in [0.15, 0.2) is 22.6 Å². The molecule has 1 heterocycles. The van der Waals surface area contributed by atoms with E-state index < -0.39 is 0 Å². The van der Waals surface area contributed by atoms with Crippen LogP contribution in [0.4, 0.5) is 0 Å². The van der Waals surface area contributed by atoms with E-state index in [9.17, 15) is 9.59 Å². The van der Waals surface area contributed by atoms with Crippen LogP contribution >= 0.6 is 0 Å². The second kappa shape index (κ2) is 4.05. The van der Waals surface area contributed by atoms with Gasteiger partial charge in [0.2, 0.25) is 0 Å². The molecule has 0 aliphatic heterocycles. The quantitative estimate of drug-likeness (QED) is 0.763. The van der Waals surface area contributed by atoms with Crippen molar-refractivity contribution in [2.24, 2.45) is 0 Å². The predicted molar refractivity (Wildman–Crippen MR) is 62.8 cm³/mol. The lowest BCUT2D eigenvalue weighted by molar-refractivity contribution is 0.0986. The van der Waals surface area contributed by atoms with Crippen molar-refractivity contribution < 1.29 is 18.7 Å². The summed E-state index contributed by atoms with van der Waals surface area (Å²) in [6, 6.07) is 4.93. The van der Waals surface area contributed by atoms with E-state index in [1.54, 1.807) is 18.2 Å². The number of hydrogen-bond acceptors (Lipinski definition) is 4. The van der Waals surface area contributed by atoms with Crippen LogP contribution in [0.25, 0.3) is 11.0 Å². The first-order valence-corrected chi connectivity index (χ1v) is 5.16. The van der Waals surface area contributed by atoms with Gasteiger partial charge in [-0.2, -0.15) is 0 Å². The van der Waals surface area contributed by atoms with Crippen LogP contribution in [0.3, 0.4) is 0 Å². The van der Waals surface area contributed by atoms with Gasteiger partial charge in [0, 0.05) is 18.4 Å². The number of benzene rings is 1. The molecule has 4 nitrogen and oxygen atoms in total. The molecule has 0 amide bonds. The van der Waals surface area contributed by atoms with Gasteiger partial charge in [0.1, 0.15) is 11.3 Å². The molecule has 1 aromatic carbocycles. The highest BCUT2D eigenvalue weighted by Crippen LogP contribution is 2.28. The van der Waals surface area contributed by atoms with E-state index in [-0.39, 0.29) is 17.3 Å². The highest BCUT2D eigenvalue weighted by atomic mass is 16.5. The van der Waals surface area contributed by atoms with E-state index >= 15 is 0 Å². The van der Waals surface area contributed by atoms with Crippen molar-refractivity contribution in [1.29, 1.82) is 0 Å². The minimum Gasteiger partial charge on any atom is -0.496 e. The highest BCUT2D eigenvalue weighted by Gasteiger charge is 2.14. The Balaban J connectivity index is 2.70. The fourth-order valence-electron chi connectivity index (χ4n) is 1.69. The van der Waals surface area contributed by atoms with Gasteiger partial charge in [0.25, 0.3) is 0 Å². The molecule has 0 saturated heterocycles. The Morgan fingerprint density at radius 2 is 1.82 bits per heavy atom. The zero-order chi connectivity index (χ0) is 12.6. The van der Waals surface area contributed by atoms with E-state index in [0.717, 1.165) is 5.39 Å². The van der Waals surface area contributed by atoms with Gasteiger partial charge in [-0.1, -0.05) is 0 Å². The largest absolute Gasteiger partial charge is 0.496 e. The predicted octanol–water partition coefficient (Wildman–Crippen LogP) is 2.85. The molecule has 0 fully saturated rings. The standard InChI is InChI=1S/C13H12O4/c1-7(14)10-4-9-5-11(8(2)15)17-12(9)6-13(10)16-3/h4-6H,1-3H3. The van der Waals surface area contributed by atoms with Crippen LogP contribution in [0.2, 0.25) is 0 Å². The van der Waals surface area contributed by atoms with Gasteiger partial charge in [-0.3, -0.25) is 9.59 Å². The van der Waals surface area contributed by atoms with Crippen molar-refractivity contribution in [3.8, 4) is 5.75 Å². The molecular weight excluding hydrogens is 220 g/mol. The van der Waals surface area contributed by atoms with Crippen molar-refractivity contribution in [1.82, 2.24) is 0 Å². The summed E-state index contributed by atoms with van der Waals surface area (Å²) in [6.07, 6.45) is 0. The number of carbonyl (C=O) groups excluding carboxylic acids is 2. The zero-order valence-corrected chi connectivity index (χ0v) is 9.87. The molecule has 0 unspecified atom stereocenters. The Labute approximate surface area is 98.2 Å². The summed E-state index contributed by atoms with van der Waals surface area (Å²) in [6.45, 7) is 2.90. The van der Waals surface area contributed by atoms with Crippen LogP contribution in [0, 0.1) is 0 Å². The second-order valence-corrected chi connectivity index (χ2v) is 3.81. The number of rotatable bonds is 3. The van der Waals surface area contributed by atoms with Gasteiger partial charge in [0.05, 0.1) is 12.7 Å². The first-order chi connectivity index (χ1) is 8.02. The van der Waals surface area contributed by atoms with Gasteiger partial charge in [-0.15, -0.1) is 0 Å². The lowest BCUT2D eigenvalue weighted by atomic mass is 10.1. The average Bonchev–Trinajstić information content (AvgIpc) is 2.69. The van der Waals surface area contributed by atoms with Crippen LogP contribution in [0.1, 0.15) is 34.8 Å². The summed E-state index contributed by atoms with van der Waals surface area (Å²) >= 11 is 0.